The van der Waals surface area contributed by atoms with Gasteiger partial charge in [-0.05, 0) is 63.5 Å². The first-order valence-corrected chi connectivity index (χ1v) is 7.91. The van der Waals surface area contributed by atoms with Crippen LogP contribution in [0, 0.1) is 26.7 Å². The van der Waals surface area contributed by atoms with E-state index in [-0.39, 0.29) is 5.91 Å². The summed E-state index contributed by atoms with van der Waals surface area (Å²) in [5.41, 5.74) is 4.16. The number of rotatable bonds is 3. The first kappa shape index (κ1) is 15.4. The third kappa shape index (κ3) is 3.76. The molecule has 2 nitrogen and oxygen atoms in total. The van der Waals surface area contributed by atoms with Crippen molar-refractivity contribution < 1.29 is 4.79 Å². The summed E-state index contributed by atoms with van der Waals surface area (Å²) >= 11 is 6.11. The molecule has 0 unspecified atom stereocenters. The molecule has 0 saturated heterocycles. The predicted molar refractivity (Wildman–Crippen MR) is 84.6 cm³/mol. The summed E-state index contributed by atoms with van der Waals surface area (Å²) in [5.74, 6) is 0.646. The van der Waals surface area contributed by atoms with Gasteiger partial charge in [0.25, 0.3) is 5.91 Å². The Bertz CT molecular complexity index is 467. The number of amides is 1. The molecular formula is C17H24ClNO. The number of hydrogen-bond acceptors (Lipinski definition) is 1. The van der Waals surface area contributed by atoms with Crippen LogP contribution in [0.2, 0.25) is 0 Å². The van der Waals surface area contributed by atoms with Crippen molar-refractivity contribution in [2.24, 2.45) is 5.92 Å². The fourth-order valence-corrected chi connectivity index (χ4v) is 3.44. The van der Waals surface area contributed by atoms with E-state index in [2.05, 4.69) is 24.4 Å². The van der Waals surface area contributed by atoms with Crippen LogP contribution in [0.25, 0.3) is 0 Å². The molecule has 1 fully saturated rings. The fourth-order valence-electron chi connectivity index (χ4n) is 3.19. The van der Waals surface area contributed by atoms with Gasteiger partial charge in [0.15, 0.2) is 0 Å². The summed E-state index contributed by atoms with van der Waals surface area (Å²) in [6.45, 7) is 6.85. The monoisotopic (exact) mass is 293 g/mol. The molecule has 0 bridgehead atoms. The molecule has 1 amide bonds. The standard InChI is InChI=1S/C17H24ClNO/c1-11-8-12(2)16(13(3)9-11)17(20)19-10-14-4-6-15(18)7-5-14/h8-9,14-15H,4-7,10H2,1-3H3,(H,19,20). The minimum Gasteiger partial charge on any atom is -0.352 e. The smallest absolute Gasteiger partial charge is 0.251 e. The van der Waals surface area contributed by atoms with Gasteiger partial charge in [-0.15, -0.1) is 11.6 Å². The Morgan fingerprint density at radius 3 is 2.25 bits per heavy atom. The summed E-state index contributed by atoms with van der Waals surface area (Å²) in [5, 5.41) is 3.44. The predicted octanol–water partition coefficient (Wildman–Crippen LogP) is 4.14. The number of carbonyl (C=O) groups is 1. The van der Waals surface area contributed by atoms with Crippen LogP contribution in [0.1, 0.15) is 52.7 Å². The molecule has 1 aromatic carbocycles. The highest BCUT2D eigenvalue weighted by Crippen LogP contribution is 2.27. The van der Waals surface area contributed by atoms with Crippen molar-refractivity contribution in [1.29, 1.82) is 0 Å². The van der Waals surface area contributed by atoms with E-state index in [4.69, 9.17) is 11.6 Å². The Morgan fingerprint density at radius 2 is 1.70 bits per heavy atom. The zero-order chi connectivity index (χ0) is 14.7. The molecule has 1 aliphatic carbocycles. The highest BCUT2D eigenvalue weighted by molar-refractivity contribution is 6.20. The Morgan fingerprint density at radius 1 is 1.15 bits per heavy atom. The maximum Gasteiger partial charge on any atom is 0.251 e. The van der Waals surface area contributed by atoms with Gasteiger partial charge in [0.2, 0.25) is 0 Å². The Balaban J connectivity index is 1.95. The summed E-state index contributed by atoms with van der Waals surface area (Å²) in [7, 11) is 0. The first-order chi connectivity index (χ1) is 9.47. The van der Waals surface area contributed by atoms with Gasteiger partial charge in [0, 0.05) is 17.5 Å². The lowest BCUT2D eigenvalue weighted by Gasteiger charge is -2.25. The van der Waals surface area contributed by atoms with Crippen molar-refractivity contribution >= 4 is 17.5 Å². The molecule has 20 heavy (non-hydrogen) atoms. The van der Waals surface area contributed by atoms with Gasteiger partial charge in [-0.1, -0.05) is 17.7 Å². The van der Waals surface area contributed by atoms with Crippen molar-refractivity contribution in [2.75, 3.05) is 6.54 Å². The topological polar surface area (TPSA) is 29.1 Å². The van der Waals surface area contributed by atoms with Gasteiger partial charge in [-0.3, -0.25) is 4.79 Å². The molecule has 1 N–H and O–H groups in total. The SMILES string of the molecule is Cc1cc(C)c(C(=O)NCC2CCC(Cl)CC2)c(C)c1. The average Bonchev–Trinajstić information content (AvgIpc) is 2.37. The second-order valence-electron chi connectivity index (χ2n) is 6.10. The van der Waals surface area contributed by atoms with Crippen molar-refractivity contribution in [1.82, 2.24) is 5.32 Å². The lowest BCUT2D eigenvalue weighted by atomic mass is 9.89. The zero-order valence-electron chi connectivity index (χ0n) is 12.6. The Labute approximate surface area is 126 Å². The third-order valence-electron chi connectivity index (χ3n) is 4.23. The third-order valence-corrected chi connectivity index (χ3v) is 4.67. The number of alkyl halides is 1. The van der Waals surface area contributed by atoms with Gasteiger partial charge in [-0.2, -0.15) is 0 Å². The molecule has 0 heterocycles. The summed E-state index contributed by atoms with van der Waals surface area (Å²) < 4.78 is 0. The molecule has 0 aliphatic heterocycles. The van der Waals surface area contributed by atoms with E-state index in [1.54, 1.807) is 0 Å². The molecule has 2 rings (SSSR count). The van der Waals surface area contributed by atoms with Crippen molar-refractivity contribution in [2.45, 2.75) is 51.8 Å². The van der Waals surface area contributed by atoms with Crippen LogP contribution < -0.4 is 5.32 Å². The molecular weight excluding hydrogens is 270 g/mol. The first-order valence-electron chi connectivity index (χ1n) is 7.47. The van der Waals surface area contributed by atoms with E-state index in [1.807, 2.05) is 13.8 Å². The summed E-state index contributed by atoms with van der Waals surface area (Å²) in [6, 6.07) is 4.14. The van der Waals surface area contributed by atoms with Crippen LogP contribution in [0.4, 0.5) is 0 Å². The van der Waals surface area contributed by atoms with Crippen LogP contribution >= 0.6 is 11.6 Å². The minimum atomic E-state index is 0.0630. The highest BCUT2D eigenvalue weighted by Gasteiger charge is 2.20. The van der Waals surface area contributed by atoms with Gasteiger partial charge >= 0.3 is 0 Å². The van der Waals surface area contributed by atoms with E-state index in [9.17, 15) is 4.79 Å². The van der Waals surface area contributed by atoms with Crippen molar-refractivity contribution in [3.8, 4) is 0 Å². The second kappa shape index (κ2) is 6.62. The summed E-state index contributed by atoms with van der Waals surface area (Å²) in [4.78, 5) is 12.4. The molecule has 1 aromatic rings. The molecule has 110 valence electrons. The number of hydrogen-bond donors (Lipinski definition) is 1. The van der Waals surface area contributed by atoms with Crippen LogP contribution in [0.15, 0.2) is 12.1 Å². The highest BCUT2D eigenvalue weighted by atomic mass is 35.5. The average molecular weight is 294 g/mol. The molecule has 1 aliphatic rings. The lowest BCUT2D eigenvalue weighted by molar-refractivity contribution is 0.0942. The fraction of sp³-hybridized carbons (Fsp3) is 0.588. The van der Waals surface area contributed by atoms with Gasteiger partial charge in [0.05, 0.1) is 0 Å². The van der Waals surface area contributed by atoms with E-state index in [0.29, 0.717) is 11.3 Å². The Hall–Kier alpha value is -1.02. The van der Waals surface area contributed by atoms with E-state index in [1.165, 1.54) is 5.56 Å². The van der Waals surface area contributed by atoms with Crippen LogP contribution in [-0.2, 0) is 0 Å². The molecule has 0 aromatic heterocycles. The minimum absolute atomic E-state index is 0.0630. The maximum atomic E-state index is 12.4. The maximum absolute atomic E-state index is 12.4. The van der Waals surface area contributed by atoms with Gasteiger partial charge in [0.1, 0.15) is 0 Å². The number of halogens is 1. The lowest BCUT2D eigenvalue weighted by Crippen LogP contribution is -2.32. The molecule has 1 saturated carbocycles. The van der Waals surface area contributed by atoms with Crippen LogP contribution in [0.5, 0.6) is 0 Å². The Kier molecular flexibility index (Phi) is 5.09. The number of nitrogens with one attached hydrogen (secondary N) is 1. The molecule has 0 radical (unpaired) electrons. The van der Waals surface area contributed by atoms with Crippen LogP contribution in [0.3, 0.4) is 0 Å². The van der Waals surface area contributed by atoms with E-state index < -0.39 is 0 Å². The van der Waals surface area contributed by atoms with Gasteiger partial charge < -0.3 is 5.32 Å². The van der Waals surface area contributed by atoms with Crippen molar-refractivity contribution in [3.63, 3.8) is 0 Å². The largest absolute Gasteiger partial charge is 0.352 e. The van der Waals surface area contributed by atoms with Crippen LogP contribution in [-0.4, -0.2) is 17.8 Å². The molecule has 0 atom stereocenters. The zero-order valence-corrected chi connectivity index (χ0v) is 13.4. The number of carbonyl (C=O) groups excluding carboxylic acids is 1. The second-order valence-corrected chi connectivity index (χ2v) is 6.72. The van der Waals surface area contributed by atoms with Gasteiger partial charge in [-0.25, -0.2) is 0 Å². The molecule has 3 heteroatoms. The number of aryl methyl sites for hydroxylation is 3. The van der Waals surface area contributed by atoms with Crippen molar-refractivity contribution in [3.05, 3.63) is 34.4 Å². The van der Waals surface area contributed by atoms with E-state index in [0.717, 1.165) is 48.9 Å². The molecule has 0 spiro atoms. The normalized spacial score (nSPS) is 22.6. The number of benzene rings is 1. The van der Waals surface area contributed by atoms with E-state index >= 15 is 0 Å². The summed E-state index contributed by atoms with van der Waals surface area (Å²) in [6.07, 6.45) is 4.40. The quantitative estimate of drug-likeness (QED) is 0.834.